The molecular formula is C25H25N3O3S. The van der Waals surface area contributed by atoms with Crippen molar-refractivity contribution in [3.8, 4) is 0 Å². The van der Waals surface area contributed by atoms with Crippen LogP contribution in [0.3, 0.4) is 0 Å². The maximum absolute atomic E-state index is 13.1. The van der Waals surface area contributed by atoms with Gasteiger partial charge in [0.15, 0.2) is 0 Å². The molecule has 1 atom stereocenters. The minimum atomic E-state index is -0.548. The molecule has 0 radical (unpaired) electrons. The van der Waals surface area contributed by atoms with E-state index >= 15 is 0 Å². The predicted molar refractivity (Wildman–Crippen MR) is 126 cm³/mol. The largest absolute Gasteiger partial charge is 0.348 e. The first-order chi connectivity index (χ1) is 15.5. The number of hydrogen-bond acceptors (Lipinski definition) is 4. The van der Waals surface area contributed by atoms with Crippen LogP contribution in [0.15, 0.2) is 66.0 Å². The number of likely N-dealkylation sites (tertiary alicyclic amines) is 1. The van der Waals surface area contributed by atoms with Crippen LogP contribution in [0.4, 0.5) is 5.69 Å². The number of carbonyl (C=O) groups excluding carboxylic acids is 3. The lowest BCUT2D eigenvalue weighted by Gasteiger charge is -2.24. The zero-order valence-electron chi connectivity index (χ0n) is 17.8. The van der Waals surface area contributed by atoms with Crippen molar-refractivity contribution in [2.24, 2.45) is 0 Å². The minimum absolute atomic E-state index is 0.123. The Morgan fingerprint density at radius 2 is 1.81 bits per heavy atom. The van der Waals surface area contributed by atoms with E-state index < -0.39 is 6.04 Å². The fourth-order valence-electron chi connectivity index (χ4n) is 3.81. The number of hydrogen-bond donors (Lipinski definition) is 2. The second-order valence-corrected chi connectivity index (χ2v) is 8.78. The van der Waals surface area contributed by atoms with Crippen molar-refractivity contribution in [1.82, 2.24) is 10.2 Å². The van der Waals surface area contributed by atoms with Gasteiger partial charge < -0.3 is 15.5 Å². The molecule has 7 heteroatoms. The summed E-state index contributed by atoms with van der Waals surface area (Å²) in [6.45, 7) is 2.96. The predicted octanol–water partition coefficient (Wildman–Crippen LogP) is 4.23. The highest BCUT2D eigenvalue weighted by atomic mass is 32.1. The normalized spacial score (nSPS) is 15.4. The fourth-order valence-corrected chi connectivity index (χ4v) is 4.49. The topological polar surface area (TPSA) is 78.5 Å². The Balaban J connectivity index is 1.44. The molecule has 0 aliphatic carbocycles. The molecule has 3 aromatic rings. The summed E-state index contributed by atoms with van der Waals surface area (Å²) in [5, 5.41) is 7.64. The molecule has 0 spiro atoms. The van der Waals surface area contributed by atoms with Crippen molar-refractivity contribution >= 4 is 34.7 Å². The van der Waals surface area contributed by atoms with E-state index in [9.17, 15) is 14.4 Å². The van der Waals surface area contributed by atoms with Crippen LogP contribution in [0.25, 0.3) is 0 Å². The Morgan fingerprint density at radius 1 is 1.03 bits per heavy atom. The lowest BCUT2D eigenvalue weighted by molar-refractivity contribution is -0.119. The first-order valence-electron chi connectivity index (χ1n) is 10.6. The first-order valence-corrected chi connectivity index (χ1v) is 11.5. The highest BCUT2D eigenvalue weighted by molar-refractivity contribution is 7.12. The monoisotopic (exact) mass is 447 g/mol. The molecule has 1 aliphatic heterocycles. The lowest BCUT2D eigenvalue weighted by atomic mass is 10.1. The van der Waals surface area contributed by atoms with Crippen molar-refractivity contribution < 1.29 is 14.4 Å². The SMILES string of the molecule is Cc1ccc(CNC(=O)c2ccccc2NC(=O)C2CCCN2C(=O)c2cccs2)cc1. The van der Waals surface area contributed by atoms with Gasteiger partial charge in [-0.15, -0.1) is 11.3 Å². The van der Waals surface area contributed by atoms with Crippen LogP contribution >= 0.6 is 11.3 Å². The van der Waals surface area contributed by atoms with E-state index in [0.29, 0.717) is 35.6 Å². The van der Waals surface area contributed by atoms with Crippen LogP contribution < -0.4 is 10.6 Å². The van der Waals surface area contributed by atoms with Gasteiger partial charge in [0.25, 0.3) is 11.8 Å². The average Bonchev–Trinajstić information content (AvgIpc) is 3.51. The number of nitrogens with one attached hydrogen (secondary N) is 2. The Hall–Kier alpha value is -3.45. The Labute approximate surface area is 191 Å². The maximum Gasteiger partial charge on any atom is 0.264 e. The van der Waals surface area contributed by atoms with E-state index in [1.165, 1.54) is 11.3 Å². The van der Waals surface area contributed by atoms with Gasteiger partial charge in [0.05, 0.1) is 16.1 Å². The van der Waals surface area contributed by atoms with Gasteiger partial charge in [-0.25, -0.2) is 0 Å². The average molecular weight is 448 g/mol. The minimum Gasteiger partial charge on any atom is -0.348 e. The van der Waals surface area contributed by atoms with Crippen LogP contribution in [-0.4, -0.2) is 35.2 Å². The third kappa shape index (κ3) is 4.89. The molecule has 6 nitrogen and oxygen atoms in total. The van der Waals surface area contributed by atoms with Gasteiger partial charge in [-0.1, -0.05) is 48.0 Å². The van der Waals surface area contributed by atoms with Crippen molar-refractivity contribution in [3.05, 3.63) is 87.6 Å². The summed E-state index contributed by atoms with van der Waals surface area (Å²) in [5.41, 5.74) is 2.99. The number of aryl methyl sites for hydroxylation is 1. The zero-order chi connectivity index (χ0) is 22.5. The molecule has 32 heavy (non-hydrogen) atoms. The van der Waals surface area contributed by atoms with Crippen molar-refractivity contribution in [1.29, 1.82) is 0 Å². The van der Waals surface area contributed by atoms with Crippen molar-refractivity contribution in [2.75, 3.05) is 11.9 Å². The summed E-state index contributed by atoms with van der Waals surface area (Å²) in [6, 6.07) is 17.9. The highest BCUT2D eigenvalue weighted by Gasteiger charge is 2.35. The third-order valence-corrected chi connectivity index (χ3v) is 6.41. The van der Waals surface area contributed by atoms with Crippen LogP contribution in [0, 0.1) is 6.92 Å². The summed E-state index contributed by atoms with van der Waals surface area (Å²) in [6.07, 6.45) is 1.37. The van der Waals surface area contributed by atoms with E-state index in [4.69, 9.17) is 0 Å². The second-order valence-electron chi connectivity index (χ2n) is 7.84. The van der Waals surface area contributed by atoms with E-state index in [1.54, 1.807) is 35.2 Å². The number of thiophene rings is 1. The second kappa shape index (κ2) is 9.78. The number of para-hydroxylation sites is 1. The smallest absolute Gasteiger partial charge is 0.264 e. The maximum atomic E-state index is 13.1. The van der Waals surface area contributed by atoms with Gasteiger partial charge in [0, 0.05) is 13.1 Å². The number of amides is 3. The fraction of sp³-hybridized carbons (Fsp3) is 0.240. The summed E-state index contributed by atoms with van der Waals surface area (Å²) < 4.78 is 0. The number of carbonyl (C=O) groups is 3. The summed E-state index contributed by atoms with van der Waals surface area (Å²) in [7, 11) is 0. The summed E-state index contributed by atoms with van der Waals surface area (Å²) in [4.78, 5) is 40.9. The highest BCUT2D eigenvalue weighted by Crippen LogP contribution is 2.24. The molecule has 4 rings (SSSR count). The molecular weight excluding hydrogens is 422 g/mol. The van der Waals surface area contributed by atoms with Gasteiger partial charge >= 0.3 is 0 Å². The van der Waals surface area contributed by atoms with Crippen LogP contribution in [0.2, 0.25) is 0 Å². The number of benzene rings is 2. The molecule has 1 unspecified atom stereocenters. The standard InChI is InChI=1S/C25H25N3O3S/c1-17-10-12-18(13-11-17)16-26-23(29)19-6-2-3-7-20(19)27-24(30)21-8-4-14-28(21)25(31)22-9-5-15-32-22/h2-3,5-7,9-13,15,21H,4,8,14,16H2,1H3,(H,26,29)(H,27,30). The van der Waals surface area contributed by atoms with Gasteiger partial charge in [0.2, 0.25) is 5.91 Å². The molecule has 2 heterocycles. The molecule has 0 bridgehead atoms. The Bertz CT molecular complexity index is 1110. The zero-order valence-corrected chi connectivity index (χ0v) is 18.7. The van der Waals surface area contributed by atoms with Gasteiger partial charge in [0.1, 0.15) is 6.04 Å². The van der Waals surface area contributed by atoms with E-state index in [0.717, 1.165) is 17.5 Å². The van der Waals surface area contributed by atoms with Crippen LogP contribution in [-0.2, 0) is 11.3 Å². The van der Waals surface area contributed by atoms with Gasteiger partial charge in [-0.2, -0.15) is 0 Å². The lowest BCUT2D eigenvalue weighted by Crippen LogP contribution is -2.43. The van der Waals surface area contributed by atoms with E-state index in [2.05, 4.69) is 10.6 Å². The molecule has 0 saturated carbocycles. The van der Waals surface area contributed by atoms with Crippen LogP contribution in [0.5, 0.6) is 0 Å². The van der Waals surface area contributed by atoms with Crippen molar-refractivity contribution in [2.45, 2.75) is 32.4 Å². The van der Waals surface area contributed by atoms with E-state index in [1.807, 2.05) is 42.6 Å². The molecule has 1 aliphatic rings. The third-order valence-electron chi connectivity index (χ3n) is 5.55. The van der Waals surface area contributed by atoms with Gasteiger partial charge in [-0.05, 0) is 48.9 Å². The first kappa shape index (κ1) is 21.8. The van der Waals surface area contributed by atoms with Crippen LogP contribution in [0.1, 0.15) is 44.0 Å². The quantitative estimate of drug-likeness (QED) is 0.594. The molecule has 2 aromatic carbocycles. The van der Waals surface area contributed by atoms with E-state index in [-0.39, 0.29) is 17.7 Å². The molecule has 1 saturated heterocycles. The summed E-state index contributed by atoms with van der Waals surface area (Å²) in [5.74, 6) is -0.660. The summed E-state index contributed by atoms with van der Waals surface area (Å²) >= 11 is 1.37. The van der Waals surface area contributed by atoms with Crippen molar-refractivity contribution in [3.63, 3.8) is 0 Å². The Morgan fingerprint density at radius 3 is 2.56 bits per heavy atom. The molecule has 1 aromatic heterocycles. The molecule has 1 fully saturated rings. The number of nitrogens with zero attached hydrogens (tertiary/aromatic N) is 1. The Kier molecular flexibility index (Phi) is 6.66. The molecule has 3 amide bonds. The van der Waals surface area contributed by atoms with Gasteiger partial charge in [-0.3, -0.25) is 14.4 Å². The molecule has 164 valence electrons. The molecule has 2 N–H and O–H groups in total. The number of anilines is 1. The number of rotatable bonds is 6.